The first-order valence-corrected chi connectivity index (χ1v) is 2.84. The number of nitrogens with zero attached hydrogens (tertiary/aromatic N) is 1. The summed E-state index contributed by atoms with van der Waals surface area (Å²) in [6.07, 6.45) is 1.43. The molecule has 1 aliphatic heterocycles. The van der Waals surface area contributed by atoms with Gasteiger partial charge in [-0.25, -0.2) is 0 Å². The topological polar surface area (TPSA) is 29.0 Å². The van der Waals surface area contributed by atoms with E-state index in [0.29, 0.717) is 6.17 Å². The molecule has 1 atom stereocenters. The Bertz CT molecular complexity index is 59.1. The molecule has 0 aromatic carbocycles. The lowest BCUT2D eigenvalue weighted by Crippen LogP contribution is -2.27. The molecule has 1 aliphatic rings. The van der Waals surface area contributed by atoms with Gasteiger partial charge in [0, 0.05) is 13.1 Å². The molecular formula is C5H12N2. The third kappa shape index (κ3) is 1.14. The van der Waals surface area contributed by atoms with Crippen LogP contribution in [0.3, 0.4) is 0 Å². The standard InChI is InChI=1S/C5H12N2/c1-2-5(6)7-3-4-7/h5H,2-4,6H2,1H3. The first-order chi connectivity index (χ1) is 3.34. The number of nitrogens with two attached hydrogens (primary N) is 1. The van der Waals surface area contributed by atoms with E-state index < -0.39 is 0 Å². The van der Waals surface area contributed by atoms with Crippen LogP contribution in [0, 0.1) is 0 Å². The lowest BCUT2D eigenvalue weighted by Gasteiger charge is -2.06. The third-order valence-electron chi connectivity index (χ3n) is 1.37. The molecule has 0 saturated carbocycles. The molecule has 1 fully saturated rings. The van der Waals surface area contributed by atoms with E-state index in [1.165, 1.54) is 13.1 Å². The summed E-state index contributed by atoms with van der Waals surface area (Å²) in [5.74, 6) is 0. The van der Waals surface area contributed by atoms with Crippen molar-refractivity contribution in [3.63, 3.8) is 0 Å². The highest BCUT2D eigenvalue weighted by Gasteiger charge is 2.21. The average Bonchev–Trinajstić information content (AvgIpc) is 2.44. The SMILES string of the molecule is CCC(N)N1CC1. The van der Waals surface area contributed by atoms with E-state index in [0.717, 1.165) is 6.42 Å². The summed E-state index contributed by atoms with van der Waals surface area (Å²) >= 11 is 0. The minimum Gasteiger partial charge on any atom is -0.316 e. The van der Waals surface area contributed by atoms with Crippen molar-refractivity contribution in [3.05, 3.63) is 0 Å². The van der Waals surface area contributed by atoms with E-state index in [9.17, 15) is 0 Å². The Labute approximate surface area is 44.3 Å². The summed E-state index contributed by atoms with van der Waals surface area (Å²) in [7, 11) is 0. The van der Waals surface area contributed by atoms with Gasteiger partial charge in [-0.05, 0) is 6.42 Å². The van der Waals surface area contributed by atoms with Gasteiger partial charge in [0.15, 0.2) is 0 Å². The van der Waals surface area contributed by atoms with Crippen LogP contribution in [0.4, 0.5) is 0 Å². The molecule has 42 valence electrons. The molecule has 2 heteroatoms. The Hall–Kier alpha value is -0.0800. The van der Waals surface area contributed by atoms with Crippen molar-refractivity contribution < 1.29 is 0 Å². The third-order valence-corrected chi connectivity index (χ3v) is 1.37. The van der Waals surface area contributed by atoms with Crippen LogP contribution in [-0.4, -0.2) is 24.2 Å². The maximum atomic E-state index is 5.60. The van der Waals surface area contributed by atoms with Crippen LogP contribution in [0.1, 0.15) is 13.3 Å². The normalized spacial score (nSPS) is 24.9. The maximum absolute atomic E-state index is 5.60. The second kappa shape index (κ2) is 1.80. The van der Waals surface area contributed by atoms with E-state index in [1.807, 2.05) is 0 Å². The maximum Gasteiger partial charge on any atom is 0.0570 e. The fraction of sp³-hybridized carbons (Fsp3) is 1.00. The van der Waals surface area contributed by atoms with Crippen LogP contribution < -0.4 is 5.73 Å². The number of hydrogen-bond acceptors (Lipinski definition) is 2. The van der Waals surface area contributed by atoms with E-state index in [2.05, 4.69) is 11.8 Å². The van der Waals surface area contributed by atoms with Crippen LogP contribution in [0.5, 0.6) is 0 Å². The molecule has 7 heavy (non-hydrogen) atoms. The van der Waals surface area contributed by atoms with E-state index in [-0.39, 0.29) is 0 Å². The van der Waals surface area contributed by atoms with Crippen molar-refractivity contribution >= 4 is 0 Å². The molecule has 0 aromatic rings. The molecule has 1 unspecified atom stereocenters. The largest absolute Gasteiger partial charge is 0.316 e. The van der Waals surface area contributed by atoms with Gasteiger partial charge in [0.05, 0.1) is 6.17 Å². The Kier molecular flexibility index (Phi) is 1.30. The summed E-state index contributed by atoms with van der Waals surface area (Å²) in [6.45, 7) is 4.55. The van der Waals surface area contributed by atoms with E-state index >= 15 is 0 Å². The summed E-state index contributed by atoms with van der Waals surface area (Å²) in [5.41, 5.74) is 5.60. The molecule has 1 rings (SSSR count). The summed E-state index contributed by atoms with van der Waals surface area (Å²) < 4.78 is 0. The van der Waals surface area contributed by atoms with Crippen LogP contribution >= 0.6 is 0 Å². The molecule has 1 heterocycles. The molecule has 0 radical (unpaired) electrons. The molecule has 1 saturated heterocycles. The second-order valence-electron chi connectivity index (χ2n) is 2.01. The predicted octanol–water partition coefficient (Wildman–Crippen LogP) is -0.00320. The minimum atomic E-state index is 0.347. The van der Waals surface area contributed by atoms with Gasteiger partial charge in [-0.3, -0.25) is 4.90 Å². The Morgan fingerprint density at radius 2 is 2.29 bits per heavy atom. The molecule has 0 aromatic heterocycles. The van der Waals surface area contributed by atoms with Gasteiger partial charge in [-0.1, -0.05) is 6.92 Å². The predicted molar refractivity (Wildman–Crippen MR) is 29.8 cm³/mol. The molecule has 0 bridgehead atoms. The smallest absolute Gasteiger partial charge is 0.0570 e. The van der Waals surface area contributed by atoms with Gasteiger partial charge in [0.1, 0.15) is 0 Å². The van der Waals surface area contributed by atoms with Crippen molar-refractivity contribution in [2.24, 2.45) is 5.73 Å². The number of rotatable bonds is 2. The Balaban J connectivity index is 2.10. The van der Waals surface area contributed by atoms with Crippen molar-refractivity contribution in [2.75, 3.05) is 13.1 Å². The van der Waals surface area contributed by atoms with E-state index in [1.54, 1.807) is 0 Å². The summed E-state index contributed by atoms with van der Waals surface area (Å²) in [4.78, 5) is 2.25. The molecule has 0 amide bonds. The van der Waals surface area contributed by atoms with Gasteiger partial charge in [-0.15, -0.1) is 0 Å². The molecule has 2 nitrogen and oxygen atoms in total. The Morgan fingerprint density at radius 1 is 1.71 bits per heavy atom. The Morgan fingerprint density at radius 3 is 2.43 bits per heavy atom. The van der Waals surface area contributed by atoms with Crippen LogP contribution in [0.2, 0.25) is 0 Å². The molecule has 2 N–H and O–H groups in total. The van der Waals surface area contributed by atoms with E-state index in [4.69, 9.17) is 5.73 Å². The summed E-state index contributed by atoms with van der Waals surface area (Å²) in [6, 6.07) is 0. The zero-order chi connectivity index (χ0) is 5.28. The zero-order valence-electron chi connectivity index (χ0n) is 4.72. The minimum absolute atomic E-state index is 0.347. The lowest BCUT2D eigenvalue weighted by molar-refractivity contribution is 0.399. The zero-order valence-corrected chi connectivity index (χ0v) is 4.72. The fourth-order valence-electron chi connectivity index (χ4n) is 0.648. The molecule has 0 aliphatic carbocycles. The highest BCUT2D eigenvalue weighted by atomic mass is 15.3. The van der Waals surface area contributed by atoms with Gasteiger partial charge in [-0.2, -0.15) is 0 Å². The number of hydrogen-bond donors (Lipinski definition) is 1. The van der Waals surface area contributed by atoms with Crippen LogP contribution in [-0.2, 0) is 0 Å². The quantitative estimate of drug-likeness (QED) is 0.495. The highest BCUT2D eigenvalue weighted by Crippen LogP contribution is 2.07. The fourth-order valence-corrected chi connectivity index (χ4v) is 0.648. The van der Waals surface area contributed by atoms with Crippen molar-refractivity contribution in [3.8, 4) is 0 Å². The van der Waals surface area contributed by atoms with Crippen molar-refractivity contribution in [1.82, 2.24) is 4.90 Å². The first-order valence-electron chi connectivity index (χ1n) is 2.84. The van der Waals surface area contributed by atoms with Gasteiger partial charge < -0.3 is 5.73 Å². The lowest BCUT2D eigenvalue weighted by atomic mass is 10.4. The van der Waals surface area contributed by atoms with Gasteiger partial charge in [0.2, 0.25) is 0 Å². The molecule has 0 spiro atoms. The average molecular weight is 100 g/mol. The monoisotopic (exact) mass is 100 g/mol. The van der Waals surface area contributed by atoms with Crippen LogP contribution in [0.25, 0.3) is 0 Å². The first kappa shape index (κ1) is 5.06. The van der Waals surface area contributed by atoms with Crippen molar-refractivity contribution in [1.29, 1.82) is 0 Å². The van der Waals surface area contributed by atoms with Crippen LogP contribution in [0.15, 0.2) is 0 Å². The molecular weight excluding hydrogens is 88.1 g/mol. The highest BCUT2D eigenvalue weighted by molar-refractivity contribution is 4.76. The second-order valence-corrected chi connectivity index (χ2v) is 2.01. The van der Waals surface area contributed by atoms with Gasteiger partial charge in [0.25, 0.3) is 0 Å². The van der Waals surface area contributed by atoms with Crippen molar-refractivity contribution in [2.45, 2.75) is 19.5 Å². The summed E-state index contributed by atoms with van der Waals surface area (Å²) in [5, 5.41) is 0. The van der Waals surface area contributed by atoms with Gasteiger partial charge >= 0.3 is 0 Å².